The van der Waals surface area contributed by atoms with Crippen molar-refractivity contribution >= 4 is 17.5 Å². The van der Waals surface area contributed by atoms with Crippen molar-refractivity contribution in [1.82, 2.24) is 9.91 Å². The minimum absolute atomic E-state index is 0.00183. The molecule has 0 bridgehead atoms. The number of nitrogens with zero attached hydrogens (tertiary/aromatic N) is 3. The zero-order chi connectivity index (χ0) is 24.8. The Kier molecular flexibility index (Phi) is 8.18. The number of methoxy groups -OCH3 is 2. The van der Waals surface area contributed by atoms with E-state index in [4.69, 9.17) is 14.6 Å². The maximum Gasteiger partial charge on any atom is 0.262 e. The van der Waals surface area contributed by atoms with Crippen molar-refractivity contribution in [1.29, 1.82) is 0 Å². The molecule has 4 rings (SSSR count). The fraction of sp³-hybridized carbons (Fsp3) is 0.464. The first kappa shape index (κ1) is 24.9. The van der Waals surface area contributed by atoms with Crippen molar-refractivity contribution in [3.8, 4) is 5.75 Å². The lowest BCUT2D eigenvalue weighted by atomic mass is 9.97. The zero-order valence-corrected chi connectivity index (χ0v) is 20.9. The van der Waals surface area contributed by atoms with Gasteiger partial charge in [-0.05, 0) is 37.5 Å². The average molecular weight is 478 g/mol. The number of aryl methyl sites for hydroxylation is 1. The number of carbonyl (C=O) groups excluding carboxylic acids is 2. The number of hydrogen-bond donors (Lipinski definition) is 0. The van der Waals surface area contributed by atoms with Gasteiger partial charge in [-0.1, -0.05) is 54.8 Å². The quantitative estimate of drug-likeness (QED) is 0.539. The van der Waals surface area contributed by atoms with Crippen LogP contribution < -0.4 is 4.74 Å². The van der Waals surface area contributed by atoms with Crippen LogP contribution in [-0.4, -0.2) is 61.4 Å². The Labute approximate surface area is 207 Å². The van der Waals surface area contributed by atoms with Gasteiger partial charge in [-0.25, -0.2) is 5.01 Å². The minimum atomic E-state index is -0.227. The van der Waals surface area contributed by atoms with Crippen molar-refractivity contribution in [2.45, 2.75) is 45.1 Å². The highest BCUT2D eigenvalue weighted by atomic mass is 16.5. The Bertz CT molecular complexity index is 1060. The first-order valence-electron chi connectivity index (χ1n) is 12.4. The molecule has 2 aromatic carbocycles. The first-order chi connectivity index (χ1) is 17.0. The molecule has 0 radical (unpaired) electrons. The Morgan fingerprint density at radius 2 is 1.83 bits per heavy atom. The average Bonchev–Trinajstić information content (AvgIpc) is 3.57. The van der Waals surface area contributed by atoms with Crippen LogP contribution in [0.3, 0.4) is 0 Å². The summed E-state index contributed by atoms with van der Waals surface area (Å²) in [7, 11) is 3.25. The van der Waals surface area contributed by atoms with E-state index in [2.05, 4.69) is 24.3 Å². The van der Waals surface area contributed by atoms with Crippen LogP contribution in [0.5, 0.6) is 5.75 Å². The molecule has 0 N–H and O–H groups in total. The van der Waals surface area contributed by atoms with E-state index in [1.165, 1.54) is 0 Å². The van der Waals surface area contributed by atoms with Gasteiger partial charge in [0.1, 0.15) is 12.3 Å². The van der Waals surface area contributed by atoms with E-state index in [9.17, 15) is 9.59 Å². The van der Waals surface area contributed by atoms with E-state index in [0.29, 0.717) is 19.6 Å². The summed E-state index contributed by atoms with van der Waals surface area (Å²) in [5.41, 5.74) is 3.94. The molecular formula is C28H35N3O4. The largest absolute Gasteiger partial charge is 0.497 e. The van der Waals surface area contributed by atoms with Crippen LogP contribution in [0.4, 0.5) is 0 Å². The van der Waals surface area contributed by atoms with Crippen LogP contribution in [0.25, 0.3) is 0 Å². The van der Waals surface area contributed by atoms with E-state index in [1.807, 2.05) is 31.2 Å². The van der Waals surface area contributed by atoms with Crippen LogP contribution in [0.2, 0.25) is 0 Å². The fourth-order valence-electron chi connectivity index (χ4n) is 4.90. The van der Waals surface area contributed by atoms with Gasteiger partial charge in [-0.3, -0.25) is 9.59 Å². The molecule has 0 saturated heterocycles. The van der Waals surface area contributed by atoms with Gasteiger partial charge < -0.3 is 14.4 Å². The number of hydrogen-bond acceptors (Lipinski definition) is 5. The first-order valence-corrected chi connectivity index (χ1v) is 12.4. The summed E-state index contributed by atoms with van der Waals surface area (Å²) >= 11 is 0. The van der Waals surface area contributed by atoms with Crippen molar-refractivity contribution in [2.24, 2.45) is 11.0 Å². The van der Waals surface area contributed by atoms with Gasteiger partial charge in [-0.15, -0.1) is 0 Å². The Hall–Kier alpha value is -3.19. The van der Waals surface area contributed by atoms with Gasteiger partial charge in [0, 0.05) is 31.6 Å². The lowest BCUT2D eigenvalue weighted by molar-refractivity contribution is -0.144. The molecule has 1 unspecified atom stereocenters. The molecule has 0 aromatic heterocycles. The number of ether oxygens (including phenoxy) is 2. The third kappa shape index (κ3) is 5.90. The molecule has 2 aromatic rings. The van der Waals surface area contributed by atoms with Gasteiger partial charge in [0.25, 0.3) is 5.91 Å². The molecule has 7 heteroatoms. The second-order valence-electron chi connectivity index (χ2n) is 9.38. The molecule has 1 atom stereocenters. The van der Waals surface area contributed by atoms with Gasteiger partial charge in [0.2, 0.25) is 5.91 Å². The van der Waals surface area contributed by atoms with Crippen LogP contribution in [0, 0.1) is 12.8 Å². The van der Waals surface area contributed by atoms with Crippen LogP contribution in [-0.2, 0) is 14.3 Å². The van der Waals surface area contributed by atoms with E-state index in [1.54, 1.807) is 24.1 Å². The third-order valence-electron chi connectivity index (χ3n) is 6.94. The number of hydrazone groups is 1. The second-order valence-corrected chi connectivity index (χ2v) is 9.38. The fourth-order valence-corrected chi connectivity index (χ4v) is 4.90. The van der Waals surface area contributed by atoms with E-state index >= 15 is 0 Å². The maximum absolute atomic E-state index is 13.6. The molecule has 1 aliphatic carbocycles. The lowest BCUT2D eigenvalue weighted by Crippen LogP contribution is -2.44. The number of amides is 2. The SMILES string of the molecule is COCCN(CC(=O)N1N=C(c2cccc(OC)c2)CC1c1ccc(C)cc1)C(=O)C1CCCC1. The number of benzene rings is 2. The van der Waals surface area contributed by atoms with E-state index < -0.39 is 0 Å². The van der Waals surface area contributed by atoms with E-state index in [0.717, 1.165) is 53.8 Å². The van der Waals surface area contributed by atoms with Crippen molar-refractivity contribution in [3.05, 3.63) is 65.2 Å². The summed E-state index contributed by atoms with van der Waals surface area (Å²) < 4.78 is 10.6. The molecule has 1 fully saturated rings. The van der Waals surface area contributed by atoms with Crippen LogP contribution in [0.1, 0.15) is 54.8 Å². The number of carbonyl (C=O) groups is 2. The molecule has 2 amide bonds. The second kappa shape index (κ2) is 11.5. The zero-order valence-electron chi connectivity index (χ0n) is 20.9. The van der Waals surface area contributed by atoms with Gasteiger partial charge >= 0.3 is 0 Å². The Morgan fingerprint density at radius 1 is 1.09 bits per heavy atom. The molecule has 7 nitrogen and oxygen atoms in total. The summed E-state index contributed by atoms with van der Waals surface area (Å²) in [6.45, 7) is 2.83. The molecule has 1 saturated carbocycles. The smallest absolute Gasteiger partial charge is 0.262 e. The Balaban J connectivity index is 1.60. The molecule has 1 aliphatic heterocycles. The molecule has 0 spiro atoms. The predicted molar refractivity (Wildman–Crippen MR) is 135 cm³/mol. The summed E-state index contributed by atoms with van der Waals surface area (Å²) in [5, 5.41) is 6.35. The standard InChI is InChI=1S/C28H35N3O4/c1-20-11-13-21(14-12-20)26-18-25(23-9-6-10-24(17-23)35-3)29-31(26)27(32)19-30(15-16-34-2)28(33)22-7-4-5-8-22/h6,9-14,17,22,26H,4-5,7-8,15-16,18-19H2,1-3H3. The molecule has 186 valence electrons. The van der Waals surface area contributed by atoms with Crippen LogP contribution in [0.15, 0.2) is 53.6 Å². The predicted octanol–water partition coefficient (Wildman–Crippen LogP) is 4.35. The monoisotopic (exact) mass is 477 g/mol. The van der Waals surface area contributed by atoms with Gasteiger partial charge in [-0.2, -0.15) is 5.10 Å². The summed E-state index contributed by atoms with van der Waals surface area (Å²) in [6, 6.07) is 15.7. The highest BCUT2D eigenvalue weighted by Gasteiger charge is 2.35. The van der Waals surface area contributed by atoms with E-state index in [-0.39, 0.29) is 30.3 Å². The topological polar surface area (TPSA) is 71.4 Å². The number of rotatable bonds is 9. The van der Waals surface area contributed by atoms with Crippen molar-refractivity contribution in [3.63, 3.8) is 0 Å². The van der Waals surface area contributed by atoms with Gasteiger partial charge in [0.15, 0.2) is 0 Å². The maximum atomic E-state index is 13.6. The van der Waals surface area contributed by atoms with Crippen LogP contribution >= 0.6 is 0 Å². The minimum Gasteiger partial charge on any atom is -0.497 e. The molecule has 35 heavy (non-hydrogen) atoms. The lowest BCUT2D eigenvalue weighted by Gasteiger charge is -2.28. The van der Waals surface area contributed by atoms with Crippen molar-refractivity contribution in [2.75, 3.05) is 33.9 Å². The Morgan fingerprint density at radius 3 is 2.51 bits per heavy atom. The van der Waals surface area contributed by atoms with Gasteiger partial charge in [0.05, 0.1) is 25.5 Å². The summed E-state index contributed by atoms with van der Waals surface area (Å²) in [6.07, 6.45) is 4.52. The molecule has 1 heterocycles. The molecule has 2 aliphatic rings. The highest BCUT2D eigenvalue weighted by Crippen LogP contribution is 2.34. The summed E-state index contributed by atoms with van der Waals surface area (Å²) in [4.78, 5) is 28.5. The highest BCUT2D eigenvalue weighted by molar-refractivity contribution is 6.03. The van der Waals surface area contributed by atoms with Crippen molar-refractivity contribution < 1.29 is 19.1 Å². The summed E-state index contributed by atoms with van der Waals surface area (Å²) in [5.74, 6) is 0.614. The normalized spacial score (nSPS) is 18.0. The third-order valence-corrected chi connectivity index (χ3v) is 6.94. The molecular weight excluding hydrogens is 442 g/mol.